The van der Waals surface area contributed by atoms with Gasteiger partial charge in [0.1, 0.15) is 11.8 Å². The van der Waals surface area contributed by atoms with E-state index in [1.54, 1.807) is 13.2 Å². The van der Waals surface area contributed by atoms with Gasteiger partial charge >= 0.3 is 0 Å². The molecule has 0 aliphatic carbocycles. The normalized spacial score (nSPS) is 10.4. The maximum Gasteiger partial charge on any atom is 0.182 e. The summed E-state index contributed by atoms with van der Waals surface area (Å²) in [6.45, 7) is 0. The number of imidazole rings is 1. The van der Waals surface area contributed by atoms with Gasteiger partial charge in [0.25, 0.3) is 0 Å². The molecule has 0 atom stereocenters. The molecule has 1 N–H and O–H groups in total. The van der Waals surface area contributed by atoms with E-state index in [0.29, 0.717) is 10.3 Å². The Morgan fingerprint density at radius 1 is 1.25 bits per heavy atom. The van der Waals surface area contributed by atoms with Gasteiger partial charge in [-0.25, -0.2) is 0 Å². The van der Waals surface area contributed by atoms with Crippen LogP contribution in [0.25, 0.3) is 16.7 Å². The van der Waals surface area contributed by atoms with Crippen LogP contribution >= 0.6 is 12.2 Å². The lowest BCUT2D eigenvalue weighted by atomic mass is 10.2. The maximum atomic E-state index is 9.25. The van der Waals surface area contributed by atoms with E-state index < -0.39 is 0 Å². The number of benzene rings is 2. The van der Waals surface area contributed by atoms with Gasteiger partial charge in [-0.1, -0.05) is 12.1 Å². The predicted octanol–water partition coefficient (Wildman–Crippen LogP) is 3.57. The number of H-pyrrole nitrogens is 1. The van der Waals surface area contributed by atoms with Crippen molar-refractivity contribution >= 4 is 23.3 Å². The van der Waals surface area contributed by atoms with E-state index in [-0.39, 0.29) is 0 Å². The molecule has 2 aromatic carbocycles. The van der Waals surface area contributed by atoms with Crippen molar-refractivity contribution in [3.05, 3.63) is 52.8 Å². The molecule has 3 rings (SSSR count). The highest BCUT2D eigenvalue weighted by molar-refractivity contribution is 7.71. The topological polar surface area (TPSA) is 53.7 Å². The van der Waals surface area contributed by atoms with Crippen molar-refractivity contribution in [2.75, 3.05) is 7.11 Å². The zero-order valence-electron chi connectivity index (χ0n) is 10.8. The van der Waals surface area contributed by atoms with Crippen molar-refractivity contribution < 1.29 is 4.74 Å². The molecule has 20 heavy (non-hydrogen) atoms. The van der Waals surface area contributed by atoms with Gasteiger partial charge in [-0.05, 0) is 36.5 Å². The molecule has 0 saturated carbocycles. The Bertz CT molecular complexity index is 886. The lowest BCUT2D eigenvalue weighted by Crippen LogP contribution is -1.97. The van der Waals surface area contributed by atoms with E-state index in [9.17, 15) is 5.26 Å². The summed E-state index contributed by atoms with van der Waals surface area (Å²) in [5.74, 6) is 0.745. The summed E-state index contributed by atoms with van der Waals surface area (Å²) in [5, 5.41) is 9.25. The van der Waals surface area contributed by atoms with E-state index in [4.69, 9.17) is 17.0 Å². The van der Waals surface area contributed by atoms with Crippen LogP contribution in [0.3, 0.4) is 0 Å². The largest absolute Gasteiger partial charge is 0.497 e. The first kappa shape index (κ1) is 12.5. The fourth-order valence-electron chi connectivity index (χ4n) is 2.21. The predicted molar refractivity (Wildman–Crippen MR) is 79.7 cm³/mol. The Morgan fingerprint density at radius 2 is 2.05 bits per heavy atom. The summed E-state index contributed by atoms with van der Waals surface area (Å²) >= 11 is 5.38. The molecular formula is C15H11N3OS. The van der Waals surface area contributed by atoms with E-state index in [1.807, 2.05) is 41.0 Å². The van der Waals surface area contributed by atoms with Crippen molar-refractivity contribution in [1.82, 2.24) is 9.55 Å². The van der Waals surface area contributed by atoms with Crippen LogP contribution in [0.4, 0.5) is 0 Å². The zero-order valence-corrected chi connectivity index (χ0v) is 11.6. The number of para-hydroxylation sites is 1. The highest BCUT2D eigenvalue weighted by Gasteiger charge is 2.10. The molecule has 0 aliphatic heterocycles. The molecule has 0 aliphatic rings. The Morgan fingerprint density at radius 3 is 2.80 bits per heavy atom. The Kier molecular flexibility index (Phi) is 3.01. The fourth-order valence-corrected chi connectivity index (χ4v) is 2.52. The fraction of sp³-hybridized carbons (Fsp3) is 0.0667. The molecule has 1 heterocycles. The van der Waals surface area contributed by atoms with Crippen molar-refractivity contribution in [3.63, 3.8) is 0 Å². The molecule has 0 radical (unpaired) electrons. The van der Waals surface area contributed by atoms with Gasteiger partial charge in [-0.3, -0.25) is 4.57 Å². The standard InChI is InChI=1S/C15H11N3OS/c1-19-11-6-7-12-14(8-11)18(15(20)17-12)13-5-3-2-4-10(13)9-16/h2-8H,1H3,(H,17,20). The first-order valence-corrected chi connectivity index (χ1v) is 6.43. The van der Waals surface area contributed by atoms with Gasteiger partial charge < -0.3 is 9.72 Å². The molecule has 0 amide bonds. The lowest BCUT2D eigenvalue weighted by Gasteiger charge is -2.07. The Labute approximate surface area is 120 Å². The molecule has 0 spiro atoms. The van der Waals surface area contributed by atoms with Crippen LogP contribution in [0.5, 0.6) is 5.75 Å². The number of nitriles is 1. The zero-order chi connectivity index (χ0) is 14.1. The SMILES string of the molecule is COc1ccc2[nH]c(=S)n(-c3ccccc3C#N)c2c1. The third kappa shape index (κ3) is 1.87. The number of aromatic nitrogens is 2. The molecule has 3 aromatic rings. The second-order valence-electron chi connectivity index (χ2n) is 4.28. The van der Waals surface area contributed by atoms with Crippen molar-refractivity contribution in [2.45, 2.75) is 0 Å². The molecular weight excluding hydrogens is 270 g/mol. The molecule has 4 nitrogen and oxygen atoms in total. The summed E-state index contributed by atoms with van der Waals surface area (Å²) in [7, 11) is 1.62. The lowest BCUT2D eigenvalue weighted by molar-refractivity contribution is 0.415. The quantitative estimate of drug-likeness (QED) is 0.731. The number of hydrogen-bond donors (Lipinski definition) is 1. The summed E-state index contributed by atoms with van der Waals surface area (Å²) < 4.78 is 7.66. The number of hydrogen-bond acceptors (Lipinski definition) is 3. The number of nitrogens with zero attached hydrogens (tertiary/aromatic N) is 2. The number of fused-ring (bicyclic) bond motifs is 1. The van der Waals surface area contributed by atoms with Gasteiger partial charge in [-0.15, -0.1) is 0 Å². The molecule has 0 fully saturated rings. The van der Waals surface area contributed by atoms with Crippen LogP contribution in [0.15, 0.2) is 42.5 Å². The smallest absolute Gasteiger partial charge is 0.182 e. The average molecular weight is 281 g/mol. The van der Waals surface area contributed by atoms with Crippen LogP contribution in [-0.2, 0) is 0 Å². The summed E-state index contributed by atoms with van der Waals surface area (Å²) in [5.41, 5.74) is 3.13. The second kappa shape index (κ2) is 4.83. The van der Waals surface area contributed by atoms with Crippen LogP contribution < -0.4 is 4.74 Å². The molecule has 0 saturated heterocycles. The number of aromatic amines is 1. The van der Waals surface area contributed by atoms with Crippen molar-refractivity contribution in [1.29, 1.82) is 5.26 Å². The van der Waals surface area contributed by atoms with E-state index >= 15 is 0 Å². The van der Waals surface area contributed by atoms with Crippen LogP contribution in [-0.4, -0.2) is 16.7 Å². The number of nitrogens with one attached hydrogen (secondary N) is 1. The monoisotopic (exact) mass is 281 g/mol. The first-order valence-electron chi connectivity index (χ1n) is 6.03. The number of methoxy groups -OCH3 is 1. The maximum absolute atomic E-state index is 9.25. The minimum atomic E-state index is 0.552. The minimum absolute atomic E-state index is 0.552. The third-order valence-electron chi connectivity index (χ3n) is 3.16. The van der Waals surface area contributed by atoms with E-state index in [1.165, 1.54) is 0 Å². The highest BCUT2D eigenvalue weighted by atomic mass is 32.1. The van der Waals surface area contributed by atoms with E-state index in [0.717, 1.165) is 22.5 Å². The van der Waals surface area contributed by atoms with Crippen LogP contribution in [0, 0.1) is 16.1 Å². The number of ether oxygens (including phenoxy) is 1. The van der Waals surface area contributed by atoms with Gasteiger partial charge in [0.15, 0.2) is 4.77 Å². The van der Waals surface area contributed by atoms with Gasteiger partial charge in [0.05, 0.1) is 29.4 Å². The Hall–Kier alpha value is -2.58. The average Bonchev–Trinajstić information content (AvgIpc) is 2.81. The van der Waals surface area contributed by atoms with Gasteiger partial charge in [0.2, 0.25) is 0 Å². The van der Waals surface area contributed by atoms with Gasteiger partial charge in [-0.2, -0.15) is 5.26 Å². The Balaban J connectivity index is 2.39. The third-order valence-corrected chi connectivity index (χ3v) is 3.44. The van der Waals surface area contributed by atoms with Crippen molar-refractivity contribution in [3.8, 4) is 17.5 Å². The molecule has 5 heteroatoms. The molecule has 0 bridgehead atoms. The highest BCUT2D eigenvalue weighted by Crippen LogP contribution is 2.25. The van der Waals surface area contributed by atoms with E-state index in [2.05, 4.69) is 11.1 Å². The minimum Gasteiger partial charge on any atom is -0.497 e. The first-order chi connectivity index (χ1) is 9.74. The molecule has 0 unspecified atom stereocenters. The van der Waals surface area contributed by atoms with Crippen LogP contribution in [0.1, 0.15) is 5.56 Å². The van der Waals surface area contributed by atoms with Crippen molar-refractivity contribution in [2.24, 2.45) is 0 Å². The van der Waals surface area contributed by atoms with Gasteiger partial charge in [0, 0.05) is 6.07 Å². The summed E-state index contributed by atoms with van der Waals surface area (Å²) in [6.07, 6.45) is 0. The molecule has 98 valence electrons. The molecule has 1 aromatic heterocycles. The summed E-state index contributed by atoms with van der Waals surface area (Å²) in [6, 6.07) is 15.2. The van der Waals surface area contributed by atoms with Crippen LogP contribution in [0.2, 0.25) is 0 Å². The second-order valence-corrected chi connectivity index (χ2v) is 4.66. The number of rotatable bonds is 2. The summed E-state index contributed by atoms with van der Waals surface area (Å²) in [4.78, 5) is 3.14.